The molecule has 0 saturated heterocycles. The van der Waals surface area contributed by atoms with E-state index in [0.29, 0.717) is 0 Å². The molecule has 0 amide bonds. The van der Waals surface area contributed by atoms with Gasteiger partial charge in [-0.15, -0.1) is 0 Å². The Morgan fingerprint density at radius 1 is 1.83 bits per heavy atom. The van der Waals surface area contributed by atoms with Gasteiger partial charge in [0.05, 0.1) is 0 Å². The third-order valence-electron chi connectivity index (χ3n) is 0.0630. The minimum absolute atomic E-state index is 0. The van der Waals surface area contributed by atoms with Crippen LogP contribution in [-0.2, 0) is 11.3 Å². The maximum atomic E-state index is 9.12. The van der Waals surface area contributed by atoms with Crippen LogP contribution in [0, 0.1) is 0 Å². The molecule has 0 spiro atoms. The van der Waals surface area contributed by atoms with Crippen molar-refractivity contribution in [3.05, 3.63) is 0 Å². The molecule has 1 atom stereocenters. The molecule has 0 heterocycles. The van der Waals surface area contributed by atoms with Gasteiger partial charge in [0.1, 0.15) is 0 Å². The second kappa shape index (κ2) is 6.36. The van der Waals surface area contributed by atoms with Crippen molar-refractivity contribution < 1.29 is 38.3 Å². The molecule has 32 valence electrons. The fraction of sp³-hybridized carbons (Fsp3) is 0. The van der Waals surface area contributed by atoms with Crippen molar-refractivity contribution in [2.75, 3.05) is 0 Å². The monoisotopic (exact) mass is 137 g/mol. The van der Waals surface area contributed by atoms with E-state index in [1.807, 2.05) is 0 Å². The summed E-state index contributed by atoms with van der Waals surface area (Å²) in [5, 5.41) is 0. The van der Waals surface area contributed by atoms with E-state index < -0.39 is 11.3 Å². The van der Waals surface area contributed by atoms with E-state index >= 15 is 0 Å². The zero-order chi connectivity index (χ0) is 4.28. The van der Waals surface area contributed by atoms with Gasteiger partial charge in [-0.3, -0.25) is 4.21 Å². The Bertz CT molecular complexity index is 48.8. The normalized spacial score (nSPS) is 12.3. The molecule has 1 N–H and O–H groups in total. The summed E-state index contributed by atoms with van der Waals surface area (Å²) in [6.45, 7) is 0. The van der Waals surface area contributed by atoms with E-state index in [-0.39, 0.29) is 29.6 Å². The summed E-state index contributed by atoms with van der Waals surface area (Å²) >= 11 is 2.17. The minimum Gasteiger partial charge on any atom is -0.759 e. The summed E-state index contributed by atoms with van der Waals surface area (Å²) in [6, 6.07) is 0. The van der Waals surface area contributed by atoms with Crippen molar-refractivity contribution in [3.8, 4) is 0 Å². The third-order valence-corrected chi connectivity index (χ3v) is 0.567. The van der Waals surface area contributed by atoms with E-state index in [4.69, 9.17) is 8.76 Å². The average Bonchev–Trinajstić information content (AvgIpc) is 1.38. The quantitative estimate of drug-likeness (QED) is 0.232. The maximum Gasteiger partial charge on any atom is 1.00 e. The van der Waals surface area contributed by atoms with Crippen LogP contribution in [0.25, 0.3) is 0 Å². The molecular weight excluding hydrogens is 137 g/mol. The molecule has 1 unspecified atom stereocenters. The molecule has 0 aromatic rings. The van der Waals surface area contributed by atoms with E-state index in [9.17, 15) is 0 Å². The van der Waals surface area contributed by atoms with Gasteiger partial charge < -0.3 is 4.55 Å². The molecule has 0 saturated carbocycles. The summed E-state index contributed by atoms with van der Waals surface area (Å²) in [4.78, 5) is 0. The van der Waals surface area contributed by atoms with Gasteiger partial charge in [-0.05, 0) is 11.8 Å². The molecule has 6 heteroatoms. The van der Waals surface area contributed by atoms with Gasteiger partial charge in [0, 0.05) is 11.3 Å². The Hall–Kier alpha value is 1.36. The van der Waals surface area contributed by atoms with Crippen molar-refractivity contribution >= 4 is 23.0 Å². The SMILES string of the molecule is O=S([O-])NCl.[Na+]. The van der Waals surface area contributed by atoms with Crippen LogP contribution >= 0.6 is 11.8 Å². The Morgan fingerprint density at radius 3 is 2.00 bits per heavy atom. The zero-order valence-corrected chi connectivity index (χ0v) is 6.68. The van der Waals surface area contributed by atoms with Gasteiger partial charge in [0.2, 0.25) is 0 Å². The number of rotatable bonds is 1. The van der Waals surface area contributed by atoms with Crippen molar-refractivity contribution in [2.45, 2.75) is 0 Å². The van der Waals surface area contributed by atoms with Gasteiger partial charge in [0.25, 0.3) is 0 Å². The fourth-order valence-corrected chi connectivity index (χ4v) is 0. The van der Waals surface area contributed by atoms with Crippen molar-refractivity contribution in [1.29, 1.82) is 0 Å². The molecule has 0 radical (unpaired) electrons. The predicted octanol–water partition coefficient (Wildman–Crippen LogP) is -3.47. The second-order valence-corrected chi connectivity index (χ2v) is 1.40. The summed E-state index contributed by atoms with van der Waals surface area (Å²) in [6.07, 6.45) is 0. The van der Waals surface area contributed by atoms with Crippen LogP contribution in [0.5, 0.6) is 0 Å². The topological polar surface area (TPSA) is 52.2 Å². The summed E-state index contributed by atoms with van der Waals surface area (Å²) in [5.74, 6) is 0. The van der Waals surface area contributed by atoms with E-state index in [1.54, 1.807) is 0 Å². The molecule has 0 rings (SSSR count). The molecule has 0 aromatic carbocycles. The average molecular weight is 138 g/mol. The van der Waals surface area contributed by atoms with Crippen molar-refractivity contribution in [3.63, 3.8) is 0 Å². The van der Waals surface area contributed by atoms with Gasteiger partial charge in [-0.2, -0.15) is 4.24 Å². The fourth-order valence-electron chi connectivity index (χ4n) is 0. The summed E-state index contributed by atoms with van der Waals surface area (Å²) in [7, 11) is 0. The molecule has 3 nitrogen and oxygen atoms in total. The van der Waals surface area contributed by atoms with Crippen LogP contribution in [0.2, 0.25) is 0 Å². The molecule has 0 aromatic heterocycles. The molecular formula is HClNNaO2S. The Morgan fingerprint density at radius 2 is 2.00 bits per heavy atom. The number of hydrogen-bond donors (Lipinski definition) is 1. The first-order chi connectivity index (χ1) is 2.27. The van der Waals surface area contributed by atoms with Crippen molar-refractivity contribution in [2.24, 2.45) is 0 Å². The smallest absolute Gasteiger partial charge is 0.759 e. The molecule has 0 aliphatic rings. The van der Waals surface area contributed by atoms with Gasteiger partial charge in [-0.25, -0.2) is 0 Å². The first-order valence-electron chi connectivity index (χ1n) is 0.726. The minimum atomic E-state index is -2.31. The van der Waals surface area contributed by atoms with Crippen LogP contribution in [0.15, 0.2) is 0 Å². The third kappa shape index (κ3) is 9.03. The maximum absolute atomic E-state index is 9.12. The largest absolute Gasteiger partial charge is 1.00 e. The first kappa shape index (κ1) is 10.4. The van der Waals surface area contributed by atoms with Crippen molar-refractivity contribution in [1.82, 2.24) is 4.24 Å². The predicted molar refractivity (Wildman–Crippen MR) is 17.9 cm³/mol. The van der Waals surface area contributed by atoms with E-state index in [1.165, 1.54) is 4.24 Å². The Kier molecular flexibility index (Phi) is 11.0. The molecule has 6 heavy (non-hydrogen) atoms. The zero-order valence-electron chi connectivity index (χ0n) is 3.10. The molecule has 0 aliphatic carbocycles. The van der Waals surface area contributed by atoms with Crippen LogP contribution in [0.4, 0.5) is 0 Å². The van der Waals surface area contributed by atoms with E-state index in [2.05, 4.69) is 11.8 Å². The number of halogens is 1. The Labute approximate surface area is 65.3 Å². The van der Waals surface area contributed by atoms with Gasteiger partial charge in [0.15, 0.2) is 0 Å². The standard InChI is InChI=1S/ClH2NO2S.Na/c1-2-5(3)4;/h2H,(H,3,4);/q;+1/p-1. The van der Waals surface area contributed by atoms with Crippen LogP contribution in [0.1, 0.15) is 0 Å². The number of hydrogen-bond acceptors (Lipinski definition) is 2. The molecule has 0 fully saturated rings. The van der Waals surface area contributed by atoms with E-state index in [0.717, 1.165) is 0 Å². The van der Waals surface area contributed by atoms with Gasteiger partial charge in [-0.1, -0.05) is 0 Å². The van der Waals surface area contributed by atoms with Crippen LogP contribution < -0.4 is 33.8 Å². The molecule has 0 aliphatic heterocycles. The van der Waals surface area contributed by atoms with Crippen LogP contribution in [-0.4, -0.2) is 8.76 Å². The van der Waals surface area contributed by atoms with Gasteiger partial charge >= 0.3 is 29.6 Å². The second-order valence-electron chi connectivity index (χ2n) is 0.312. The Balaban J connectivity index is 0. The summed E-state index contributed by atoms with van der Waals surface area (Å²) < 4.78 is 19.7. The summed E-state index contributed by atoms with van der Waals surface area (Å²) in [5.41, 5.74) is 0. The number of nitrogens with one attached hydrogen (secondary N) is 1. The van der Waals surface area contributed by atoms with Crippen LogP contribution in [0.3, 0.4) is 0 Å². The first-order valence-corrected chi connectivity index (χ1v) is 2.18. The molecule has 0 bridgehead atoms.